The first-order valence-corrected chi connectivity index (χ1v) is 13.1. The molecule has 3 heterocycles. The minimum atomic E-state index is -0.316. The third-order valence-corrected chi connectivity index (χ3v) is 7.05. The Balaban J connectivity index is 1.36. The molecule has 1 fully saturated rings. The van der Waals surface area contributed by atoms with E-state index in [1.165, 1.54) is 0 Å². The number of hydrogen-bond acceptors (Lipinski definition) is 6. The Morgan fingerprint density at radius 1 is 1.08 bits per heavy atom. The zero-order chi connectivity index (χ0) is 26.6. The van der Waals surface area contributed by atoms with Crippen LogP contribution in [0, 0.1) is 0 Å². The molecule has 0 aliphatic carbocycles. The summed E-state index contributed by atoms with van der Waals surface area (Å²) >= 11 is 6.63. The van der Waals surface area contributed by atoms with E-state index in [-0.39, 0.29) is 18.0 Å². The van der Waals surface area contributed by atoms with Gasteiger partial charge in [-0.3, -0.25) is 9.36 Å². The van der Waals surface area contributed by atoms with Crippen LogP contribution in [0.15, 0.2) is 61.2 Å². The molecule has 5 rings (SSSR count). The summed E-state index contributed by atoms with van der Waals surface area (Å²) in [7, 11) is 0. The number of nitrogens with zero attached hydrogens (tertiary/aromatic N) is 6. The molecule has 1 aliphatic heterocycles. The molecule has 2 aromatic heterocycles. The van der Waals surface area contributed by atoms with Gasteiger partial charge in [0.2, 0.25) is 0 Å². The molecule has 0 N–H and O–H groups in total. The Morgan fingerprint density at radius 3 is 2.66 bits per heavy atom. The average molecular weight is 533 g/mol. The number of pyridine rings is 1. The number of carbonyl (C=O) groups excluding carboxylic acids is 2. The van der Waals surface area contributed by atoms with Gasteiger partial charge < -0.3 is 14.5 Å². The fraction of sp³-hybridized carbons (Fsp3) is 0.321. The van der Waals surface area contributed by atoms with E-state index in [2.05, 4.69) is 17.1 Å². The lowest BCUT2D eigenvalue weighted by molar-refractivity contribution is 0.0409. The zero-order valence-corrected chi connectivity index (χ0v) is 22.1. The number of carbonyl (C=O) groups is 2. The molecule has 1 atom stereocenters. The van der Waals surface area contributed by atoms with E-state index in [0.717, 1.165) is 29.5 Å². The summed E-state index contributed by atoms with van der Waals surface area (Å²) in [6.45, 7) is 5.71. The lowest BCUT2D eigenvalue weighted by atomic mass is 10.1. The zero-order valence-electron chi connectivity index (χ0n) is 21.4. The molecule has 2 amide bonds. The van der Waals surface area contributed by atoms with Gasteiger partial charge >= 0.3 is 6.09 Å². The van der Waals surface area contributed by atoms with E-state index < -0.39 is 0 Å². The SMILES string of the molecule is CCCCOC(=O)N1CCN(C(=O)c2ccc3c(Cl)cc(-c4cccc(-n5cnnc5)c4)nc3c2)C[C@H]1C. The Morgan fingerprint density at radius 2 is 1.89 bits per heavy atom. The highest BCUT2D eigenvalue weighted by Crippen LogP contribution is 2.30. The van der Waals surface area contributed by atoms with E-state index in [0.29, 0.717) is 48.0 Å². The highest BCUT2D eigenvalue weighted by atomic mass is 35.5. The molecule has 9 nitrogen and oxygen atoms in total. The first-order chi connectivity index (χ1) is 18.4. The van der Waals surface area contributed by atoms with Crippen molar-refractivity contribution in [1.82, 2.24) is 29.5 Å². The third kappa shape index (κ3) is 5.33. The highest BCUT2D eigenvalue weighted by Gasteiger charge is 2.31. The van der Waals surface area contributed by atoms with E-state index in [1.54, 1.807) is 34.6 Å². The minimum Gasteiger partial charge on any atom is -0.449 e. The van der Waals surface area contributed by atoms with Crippen molar-refractivity contribution < 1.29 is 14.3 Å². The maximum absolute atomic E-state index is 13.4. The monoisotopic (exact) mass is 532 g/mol. The first-order valence-electron chi connectivity index (χ1n) is 12.7. The maximum Gasteiger partial charge on any atom is 0.410 e. The Hall–Kier alpha value is -3.98. The third-order valence-electron chi connectivity index (χ3n) is 6.74. The molecule has 2 aromatic carbocycles. The fourth-order valence-corrected chi connectivity index (χ4v) is 4.87. The molecule has 1 aliphatic rings. The molecular weight excluding hydrogens is 504 g/mol. The number of benzene rings is 2. The normalized spacial score (nSPS) is 15.6. The molecular formula is C28H29ClN6O3. The standard InChI is InChI=1S/C28H29ClN6O3/c1-3-4-12-38-28(37)35-11-10-33(16-19(35)2)27(36)21-8-9-23-24(29)15-25(32-26(23)14-21)20-6-5-7-22(13-20)34-17-30-31-18-34/h5-9,13-15,17-19H,3-4,10-12,16H2,1-2H3/t19-/m1/s1. The average Bonchev–Trinajstić information content (AvgIpc) is 3.48. The number of halogens is 1. The quantitative estimate of drug-likeness (QED) is 0.316. The van der Waals surface area contributed by atoms with E-state index in [9.17, 15) is 9.59 Å². The number of hydrogen-bond donors (Lipinski definition) is 0. The largest absolute Gasteiger partial charge is 0.449 e. The number of piperazine rings is 1. The number of fused-ring (bicyclic) bond motifs is 1. The number of ether oxygens (including phenoxy) is 1. The van der Waals surface area contributed by atoms with Crippen molar-refractivity contribution in [3.63, 3.8) is 0 Å². The van der Waals surface area contributed by atoms with E-state index >= 15 is 0 Å². The highest BCUT2D eigenvalue weighted by molar-refractivity contribution is 6.35. The predicted octanol–water partition coefficient (Wildman–Crippen LogP) is 5.22. The summed E-state index contributed by atoms with van der Waals surface area (Å²) < 4.78 is 7.18. The topological polar surface area (TPSA) is 93.5 Å². The number of rotatable bonds is 6. The van der Waals surface area contributed by atoms with Gasteiger partial charge in [0, 0.05) is 47.9 Å². The molecule has 0 unspecified atom stereocenters. The summed E-state index contributed by atoms with van der Waals surface area (Å²) in [5.41, 5.74) is 3.65. The summed E-state index contributed by atoms with van der Waals surface area (Å²) in [5.74, 6) is -0.101. The lowest BCUT2D eigenvalue weighted by Crippen LogP contribution is -2.55. The molecule has 196 valence electrons. The Labute approximate surface area is 226 Å². The van der Waals surface area contributed by atoms with Crippen LogP contribution in [0.1, 0.15) is 37.0 Å². The van der Waals surface area contributed by atoms with Gasteiger partial charge in [-0.25, -0.2) is 9.78 Å². The molecule has 4 aromatic rings. The van der Waals surface area contributed by atoms with Crippen LogP contribution in [0.2, 0.25) is 5.02 Å². The van der Waals surface area contributed by atoms with Crippen molar-refractivity contribution in [1.29, 1.82) is 0 Å². The molecule has 0 radical (unpaired) electrons. The second-order valence-corrected chi connectivity index (χ2v) is 9.81. The maximum atomic E-state index is 13.4. The van der Waals surface area contributed by atoms with Gasteiger partial charge in [0.1, 0.15) is 12.7 Å². The van der Waals surface area contributed by atoms with Crippen LogP contribution in [0.5, 0.6) is 0 Å². The number of unbranched alkanes of at least 4 members (excludes halogenated alkanes) is 1. The smallest absolute Gasteiger partial charge is 0.410 e. The van der Waals surface area contributed by atoms with Gasteiger partial charge in [-0.15, -0.1) is 10.2 Å². The predicted molar refractivity (Wildman–Crippen MR) is 145 cm³/mol. The summed E-state index contributed by atoms with van der Waals surface area (Å²) in [4.78, 5) is 34.1. The molecule has 0 spiro atoms. The van der Waals surface area contributed by atoms with Gasteiger partial charge in [0.05, 0.1) is 22.8 Å². The van der Waals surface area contributed by atoms with Crippen LogP contribution in [-0.2, 0) is 4.74 Å². The van der Waals surface area contributed by atoms with Crippen molar-refractivity contribution in [3.8, 4) is 16.9 Å². The van der Waals surface area contributed by atoms with Gasteiger partial charge in [-0.1, -0.05) is 43.1 Å². The molecule has 0 bridgehead atoms. The summed E-state index contributed by atoms with van der Waals surface area (Å²) in [6, 6.07) is 14.9. The van der Waals surface area contributed by atoms with Crippen LogP contribution in [0.3, 0.4) is 0 Å². The van der Waals surface area contributed by atoms with Crippen molar-refractivity contribution in [3.05, 3.63) is 71.8 Å². The molecule has 38 heavy (non-hydrogen) atoms. The first kappa shape index (κ1) is 25.7. The van der Waals surface area contributed by atoms with Gasteiger partial charge in [0.25, 0.3) is 5.91 Å². The summed E-state index contributed by atoms with van der Waals surface area (Å²) in [5, 5.41) is 9.07. The van der Waals surface area contributed by atoms with Crippen LogP contribution in [0.25, 0.3) is 27.8 Å². The van der Waals surface area contributed by atoms with Gasteiger partial charge in [0.15, 0.2) is 0 Å². The number of aromatic nitrogens is 4. The molecule has 1 saturated heterocycles. The van der Waals surface area contributed by atoms with Crippen molar-refractivity contribution in [2.24, 2.45) is 0 Å². The molecule has 0 saturated carbocycles. The second-order valence-electron chi connectivity index (χ2n) is 9.40. The van der Waals surface area contributed by atoms with Crippen LogP contribution >= 0.6 is 11.6 Å². The lowest BCUT2D eigenvalue weighted by Gasteiger charge is -2.39. The Bertz CT molecular complexity index is 1460. The van der Waals surface area contributed by atoms with Gasteiger partial charge in [-0.05, 0) is 43.7 Å². The number of amides is 2. The molecule has 10 heteroatoms. The van der Waals surface area contributed by atoms with Crippen LogP contribution in [0.4, 0.5) is 4.79 Å². The van der Waals surface area contributed by atoms with Crippen molar-refractivity contribution in [2.45, 2.75) is 32.7 Å². The second kappa shape index (κ2) is 11.2. The summed E-state index contributed by atoms with van der Waals surface area (Å²) in [6.07, 6.45) is 4.76. The fourth-order valence-electron chi connectivity index (χ4n) is 4.61. The van der Waals surface area contributed by atoms with Crippen molar-refractivity contribution >= 4 is 34.5 Å². The Kier molecular flexibility index (Phi) is 7.55. The van der Waals surface area contributed by atoms with Gasteiger partial charge in [-0.2, -0.15) is 0 Å². The van der Waals surface area contributed by atoms with E-state index in [1.807, 2.05) is 47.9 Å². The van der Waals surface area contributed by atoms with E-state index in [4.69, 9.17) is 21.3 Å². The van der Waals surface area contributed by atoms with Crippen LogP contribution in [-0.4, -0.2) is 73.8 Å². The minimum absolute atomic E-state index is 0.101. The van der Waals surface area contributed by atoms with Crippen molar-refractivity contribution in [2.75, 3.05) is 26.2 Å². The van der Waals surface area contributed by atoms with Crippen LogP contribution < -0.4 is 0 Å².